The van der Waals surface area contributed by atoms with Crippen LogP contribution in [-0.2, 0) is 18.7 Å². The molecule has 174 valence electrons. The normalized spacial score (nSPS) is 20.9. The molecule has 8 nitrogen and oxygen atoms in total. The number of carbonyl (C=O) groups is 3. The molecular formula is C21H40N2O6Si. The molecule has 1 rings (SSSR count). The second-order valence-electron chi connectivity index (χ2n) is 11.3. The minimum Gasteiger partial charge on any atom is -0.444 e. The zero-order valence-electron chi connectivity index (χ0n) is 20.5. The Morgan fingerprint density at radius 2 is 1.50 bits per heavy atom. The lowest BCUT2D eigenvalue weighted by atomic mass is 10.2. The second-order valence-corrected chi connectivity index (χ2v) is 16.2. The number of ether oxygens (including phenoxy) is 2. The third kappa shape index (κ3) is 7.57. The van der Waals surface area contributed by atoms with Gasteiger partial charge in [-0.3, -0.25) is 4.79 Å². The lowest BCUT2D eigenvalue weighted by Gasteiger charge is -2.37. The summed E-state index contributed by atoms with van der Waals surface area (Å²) in [5.74, 6) is -0.515. The van der Waals surface area contributed by atoms with Crippen molar-refractivity contribution in [3.05, 3.63) is 0 Å². The zero-order chi connectivity index (χ0) is 23.7. The Balaban J connectivity index is 3.02. The van der Waals surface area contributed by atoms with Crippen LogP contribution in [0.15, 0.2) is 0 Å². The van der Waals surface area contributed by atoms with Gasteiger partial charge in [-0.05, 0) is 59.7 Å². The Hall–Kier alpha value is -1.61. The van der Waals surface area contributed by atoms with Gasteiger partial charge in [0.15, 0.2) is 8.32 Å². The van der Waals surface area contributed by atoms with E-state index in [0.717, 1.165) is 4.90 Å². The molecule has 0 saturated carbocycles. The maximum Gasteiger partial charge on any atom is 0.417 e. The molecule has 0 aromatic rings. The van der Waals surface area contributed by atoms with Crippen molar-refractivity contribution >= 4 is 26.4 Å². The lowest BCUT2D eigenvalue weighted by molar-refractivity contribution is -0.130. The van der Waals surface area contributed by atoms with Crippen LogP contribution in [0.3, 0.4) is 0 Å². The maximum absolute atomic E-state index is 13.0. The van der Waals surface area contributed by atoms with E-state index in [1.807, 2.05) is 0 Å². The van der Waals surface area contributed by atoms with Crippen molar-refractivity contribution in [3.63, 3.8) is 0 Å². The Morgan fingerprint density at radius 1 is 1.00 bits per heavy atom. The first-order valence-electron chi connectivity index (χ1n) is 10.4. The number of rotatable bonds is 4. The van der Waals surface area contributed by atoms with Crippen LogP contribution in [0.25, 0.3) is 0 Å². The number of amides is 3. The SMILES string of the molecule is CC(C)(C)OC(=O)N[C@H]1C[C@H](CO[Si](C)(C)C(C)(C)C)N(C(=O)OC(C)(C)C)C1=O. The van der Waals surface area contributed by atoms with Crippen molar-refractivity contribution in [2.24, 2.45) is 0 Å². The number of likely N-dealkylation sites (tertiary alicyclic amines) is 1. The van der Waals surface area contributed by atoms with Crippen LogP contribution in [0.5, 0.6) is 0 Å². The summed E-state index contributed by atoms with van der Waals surface area (Å²) >= 11 is 0. The van der Waals surface area contributed by atoms with Crippen LogP contribution in [0.4, 0.5) is 9.59 Å². The predicted molar refractivity (Wildman–Crippen MR) is 118 cm³/mol. The molecule has 0 spiro atoms. The summed E-state index contributed by atoms with van der Waals surface area (Å²) in [6.45, 7) is 21.2. The van der Waals surface area contributed by atoms with Gasteiger partial charge in [-0.15, -0.1) is 0 Å². The smallest absolute Gasteiger partial charge is 0.417 e. The highest BCUT2D eigenvalue weighted by atomic mass is 28.4. The number of alkyl carbamates (subject to hydrolysis) is 1. The van der Waals surface area contributed by atoms with Gasteiger partial charge in [-0.2, -0.15) is 0 Å². The fourth-order valence-electron chi connectivity index (χ4n) is 2.61. The predicted octanol–water partition coefficient (Wildman–Crippen LogP) is 4.44. The van der Waals surface area contributed by atoms with Crippen LogP contribution in [-0.4, -0.2) is 61.2 Å². The summed E-state index contributed by atoms with van der Waals surface area (Å²) < 4.78 is 17.0. The van der Waals surface area contributed by atoms with Crippen LogP contribution in [0.2, 0.25) is 18.1 Å². The van der Waals surface area contributed by atoms with E-state index in [1.165, 1.54) is 0 Å². The monoisotopic (exact) mass is 444 g/mol. The van der Waals surface area contributed by atoms with E-state index in [9.17, 15) is 14.4 Å². The Labute approximate surface area is 182 Å². The first-order valence-corrected chi connectivity index (χ1v) is 13.3. The van der Waals surface area contributed by atoms with Crippen LogP contribution >= 0.6 is 0 Å². The summed E-state index contributed by atoms with van der Waals surface area (Å²) in [5.41, 5.74) is -1.44. The van der Waals surface area contributed by atoms with Gasteiger partial charge in [0, 0.05) is 6.42 Å². The fraction of sp³-hybridized carbons (Fsp3) is 0.857. The molecule has 3 amide bonds. The number of nitrogens with one attached hydrogen (secondary N) is 1. The number of nitrogens with zero attached hydrogens (tertiary/aromatic N) is 1. The molecule has 30 heavy (non-hydrogen) atoms. The van der Waals surface area contributed by atoms with Crippen LogP contribution in [0.1, 0.15) is 68.7 Å². The van der Waals surface area contributed by atoms with Gasteiger partial charge in [0.1, 0.15) is 17.2 Å². The summed E-state index contributed by atoms with van der Waals surface area (Å²) in [6.07, 6.45) is -1.19. The highest BCUT2D eigenvalue weighted by Crippen LogP contribution is 2.37. The molecule has 1 N–H and O–H groups in total. The van der Waals surface area contributed by atoms with Gasteiger partial charge in [-0.25, -0.2) is 14.5 Å². The second kappa shape index (κ2) is 8.86. The fourth-order valence-corrected chi connectivity index (χ4v) is 3.65. The summed E-state index contributed by atoms with van der Waals surface area (Å²) in [5, 5.41) is 2.57. The Kier molecular flexibility index (Phi) is 7.81. The van der Waals surface area contributed by atoms with E-state index < -0.39 is 49.7 Å². The van der Waals surface area contributed by atoms with E-state index in [1.54, 1.807) is 41.5 Å². The van der Waals surface area contributed by atoms with E-state index in [0.29, 0.717) is 0 Å². The van der Waals surface area contributed by atoms with Crippen molar-refractivity contribution in [3.8, 4) is 0 Å². The molecule has 0 bridgehead atoms. The molecule has 0 aromatic heterocycles. The summed E-state index contributed by atoms with van der Waals surface area (Å²) in [4.78, 5) is 39.0. The van der Waals surface area contributed by atoms with Crippen molar-refractivity contribution in [2.45, 2.75) is 110 Å². The highest BCUT2D eigenvalue weighted by molar-refractivity contribution is 6.74. The summed E-state index contributed by atoms with van der Waals surface area (Å²) in [6, 6.07) is -1.40. The molecule has 9 heteroatoms. The van der Waals surface area contributed by atoms with Crippen molar-refractivity contribution < 1.29 is 28.3 Å². The van der Waals surface area contributed by atoms with Gasteiger partial charge in [0.25, 0.3) is 5.91 Å². The maximum atomic E-state index is 13.0. The minimum absolute atomic E-state index is 0.0134. The van der Waals surface area contributed by atoms with E-state index >= 15 is 0 Å². The first kappa shape index (κ1) is 26.4. The topological polar surface area (TPSA) is 94.2 Å². The van der Waals surface area contributed by atoms with E-state index in [4.69, 9.17) is 13.9 Å². The number of hydrogen-bond acceptors (Lipinski definition) is 6. The molecule has 0 unspecified atom stereocenters. The number of imide groups is 1. The quantitative estimate of drug-likeness (QED) is 0.644. The third-order valence-electron chi connectivity index (χ3n) is 5.13. The first-order chi connectivity index (χ1) is 13.2. The largest absolute Gasteiger partial charge is 0.444 e. The summed E-state index contributed by atoms with van der Waals surface area (Å²) in [7, 11) is -2.09. The molecular weight excluding hydrogens is 404 g/mol. The highest BCUT2D eigenvalue weighted by Gasteiger charge is 2.47. The average Bonchev–Trinajstić information content (AvgIpc) is 2.76. The molecule has 1 aliphatic rings. The van der Waals surface area contributed by atoms with E-state index in [-0.39, 0.29) is 18.1 Å². The van der Waals surface area contributed by atoms with Crippen molar-refractivity contribution in [1.82, 2.24) is 10.2 Å². The molecule has 1 aliphatic heterocycles. The standard InChI is InChI=1S/C21H40N2O6Si/c1-19(2,3)28-17(25)22-15-12-14(13-27-30(10,11)21(7,8)9)23(16(15)24)18(26)29-20(4,5)6/h14-15H,12-13H2,1-11H3,(H,22,25)/t14-,15+/m1/s1. The van der Waals surface area contributed by atoms with Gasteiger partial charge in [0.05, 0.1) is 12.6 Å². The van der Waals surface area contributed by atoms with Crippen molar-refractivity contribution in [2.75, 3.05) is 6.61 Å². The molecule has 0 aliphatic carbocycles. The molecule has 2 atom stereocenters. The van der Waals surface area contributed by atoms with Crippen LogP contribution in [0, 0.1) is 0 Å². The van der Waals surface area contributed by atoms with Gasteiger partial charge >= 0.3 is 12.2 Å². The average molecular weight is 445 g/mol. The molecule has 1 saturated heterocycles. The minimum atomic E-state index is -2.09. The molecule has 0 radical (unpaired) electrons. The number of hydrogen-bond donors (Lipinski definition) is 1. The third-order valence-corrected chi connectivity index (χ3v) is 9.63. The molecule has 1 heterocycles. The molecule has 1 fully saturated rings. The Morgan fingerprint density at radius 3 is 1.93 bits per heavy atom. The van der Waals surface area contributed by atoms with Crippen molar-refractivity contribution in [1.29, 1.82) is 0 Å². The molecule has 0 aromatic carbocycles. The lowest BCUT2D eigenvalue weighted by Crippen LogP contribution is -2.49. The van der Waals surface area contributed by atoms with E-state index in [2.05, 4.69) is 39.2 Å². The Bertz CT molecular complexity index is 658. The van der Waals surface area contributed by atoms with Gasteiger partial charge < -0.3 is 19.2 Å². The van der Waals surface area contributed by atoms with Gasteiger partial charge in [0.2, 0.25) is 0 Å². The number of carbonyl (C=O) groups excluding carboxylic acids is 3. The van der Waals surface area contributed by atoms with Gasteiger partial charge in [-0.1, -0.05) is 20.8 Å². The van der Waals surface area contributed by atoms with Crippen LogP contribution < -0.4 is 5.32 Å². The zero-order valence-corrected chi connectivity index (χ0v) is 21.5.